The van der Waals surface area contributed by atoms with E-state index in [9.17, 15) is 9.59 Å². The molecule has 5 rings (SSSR count). The van der Waals surface area contributed by atoms with Gasteiger partial charge in [-0.2, -0.15) is 0 Å². The number of rotatable bonds is 2. The summed E-state index contributed by atoms with van der Waals surface area (Å²) >= 11 is 0. The molecule has 0 aromatic heterocycles. The third-order valence-electron chi connectivity index (χ3n) is 6.58. The molecular formula is C19H22N2O3. The molecule has 0 radical (unpaired) electrons. The van der Waals surface area contributed by atoms with Crippen LogP contribution in [0.25, 0.3) is 0 Å². The molecule has 24 heavy (non-hydrogen) atoms. The van der Waals surface area contributed by atoms with Crippen molar-refractivity contribution < 1.29 is 14.3 Å². The van der Waals surface area contributed by atoms with Gasteiger partial charge in [0, 0.05) is 24.4 Å². The number of nitrogens with one attached hydrogen (secondary N) is 1. The molecule has 2 heterocycles. The first-order chi connectivity index (χ1) is 11.6. The molecule has 2 amide bonds. The molecule has 4 aliphatic rings. The second-order valence-corrected chi connectivity index (χ2v) is 8.06. The highest BCUT2D eigenvalue weighted by Crippen LogP contribution is 2.59. The first-order valence-electron chi connectivity index (χ1n) is 8.90. The predicted octanol–water partition coefficient (Wildman–Crippen LogP) is 2.07. The number of nitrogens with zero attached hydrogens (tertiary/aromatic N) is 1. The molecule has 5 nitrogen and oxygen atoms in total. The Morgan fingerprint density at radius 2 is 2.00 bits per heavy atom. The predicted molar refractivity (Wildman–Crippen MR) is 87.4 cm³/mol. The molecule has 1 aromatic rings. The third kappa shape index (κ3) is 2.00. The Hall–Kier alpha value is -2.04. The van der Waals surface area contributed by atoms with Crippen molar-refractivity contribution in [2.45, 2.75) is 36.6 Å². The lowest BCUT2D eigenvalue weighted by Gasteiger charge is -2.45. The Morgan fingerprint density at radius 3 is 2.71 bits per heavy atom. The van der Waals surface area contributed by atoms with Crippen molar-refractivity contribution in [3.63, 3.8) is 0 Å². The second-order valence-electron chi connectivity index (χ2n) is 8.06. The number of likely N-dealkylation sites (tertiary alicyclic amines) is 1. The fourth-order valence-corrected chi connectivity index (χ4v) is 5.12. The van der Waals surface area contributed by atoms with Crippen molar-refractivity contribution in [1.29, 1.82) is 0 Å². The van der Waals surface area contributed by atoms with Gasteiger partial charge in [0.1, 0.15) is 6.61 Å². The summed E-state index contributed by atoms with van der Waals surface area (Å²) in [4.78, 5) is 26.2. The number of ether oxygens (including phenoxy) is 1. The lowest BCUT2D eigenvalue weighted by Crippen LogP contribution is -2.59. The summed E-state index contributed by atoms with van der Waals surface area (Å²) in [5.41, 5.74) is 1.31. The summed E-state index contributed by atoms with van der Waals surface area (Å²) in [7, 11) is 0. The van der Waals surface area contributed by atoms with Crippen LogP contribution in [-0.2, 0) is 14.9 Å². The van der Waals surface area contributed by atoms with E-state index in [1.54, 1.807) is 0 Å². The van der Waals surface area contributed by atoms with E-state index in [1.165, 1.54) is 12.0 Å². The lowest BCUT2D eigenvalue weighted by atomic mass is 9.68. The van der Waals surface area contributed by atoms with Gasteiger partial charge in [0.15, 0.2) is 0 Å². The molecule has 4 fully saturated rings. The number of alkyl carbamates (subject to hydrolysis) is 1. The first kappa shape index (κ1) is 14.3. The van der Waals surface area contributed by atoms with Crippen molar-refractivity contribution in [3.05, 3.63) is 35.9 Å². The molecule has 2 saturated heterocycles. The maximum Gasteiger partial charge on any atom is 0.407 e. The molecule has 2 unspecified atom stereocenters. The lowest BCUT2D eigenvalue weighted by molar-refractivity contribution is -0.142. The van der Waals surface area contributed by atoms with Gasteiger partial charge in [0.05, 0.1) is 5.54 Å². The zero-order valence-electron chi connectivity index (χ0n) is 13.7. The highest BCUT2D eigenvalue weighted by Gasteiger charge is 2.60. The average molecular weight is 326 g/mol. The van der Waals surface area contributed by atoms with Crippen LogP contribution < -0.4 is 5.32 Å². The molecule has 1 N–H and O–H groups in total. The first-order valence-corrected chi connectivity index (χ1v) is 8.90. The maximum absolute atomic E-state index is 12.9. The minimum absolute atomic E-state index is 0.0372. The number of piperidine rings is 1. The van der Waals surface area contributed by atoms with Gasteiger partial charge in [-0.05, 0) is 37.2 Å². The Morgan fingerprint density at radius 1 is 1.21 bits per heavy atom. The van der Waals surface area contributed by atoms with Gasteiger partial charge in [-0.15, -0.1) is 0 Å². The molecular weight excluding hydrogens is 304 g/mol. The fraction of sp³-hybridized carbons (Fsp3) is 0.579. The Kier molecular flexibility index (Phi) is 2.83. The van der Waals surface area contributed by atoms with Crippen LogP contribution >= 0.6 is 0 Å². The van der Waals surface area contributed by atoms with Gasteiger partial charge < -0.3 is 15.0 Å². The van der Waals surface area contributed by atoms with Crippen LogP contribution in [0.1, 0.15) is 31.2 Å². The van der Waals surface area contributed by atoms with E-state index in [0.717, 1.165) is 38.3 Å². The smallest absolute Gasteiger partial charge is 0.407 e. The van der Waals surface area contributed by atoms with E-state index >= 15 is 0 Å². The number of hydrogen-bond donors (Lipinski definition) is 1. The van der Waals surface area contributed by atoms with Crippen molar-refractivity contribution in [2.24, 2.45) is 11.8 Å². The Bertz CT molecular complexity index is 698. The van der Waals surface area contributed by atoms with Crippen LogP contribution in [0.2, 0.25) is 0 Å². The molecule has 2 aliphatic carbocycles. The molecule has 2 aliphatic heterocycles. The SMILES string of the molecule is O=C1NC2(CO1)CC(C(=O)N1CCC3CC3(c3ccccc3)C1)C2. The van der Waals surface area contributed by atoms with Crippen LogP contribution in [0.3, 0.4) is 0 Å². The summed E-state index contributed by atoms with van der Waals surface area (Å²) in [5.74, 6) is 1.04. The van der Waals surface area contributed by atoms with Gasteiger partial charge in [-0.1, -0.05) is 30.3 Å². The standard InChI is InChI=1S/C19H22N2O3/c22-16(13-8-18(9-13)12-24-17(23)20-18)21-7-6-15-10-19(15,11-21)14-4-2-1-3-5-14/h1-5,13,15H,6-12H2,(H,20,23). The average Bonchev–Trinajstić information content (AvgIpc) is 3.20. The minimum atomic E-state index is -0.345. The number of amides is 2. The van der Waals surface area contributed by atoms with Crippen molar-refractivity contribution in [2.75, 3.05) is 19.7 Å². The zero-order chi connectivity index (χ0) is 16.4. The topological polar surface area (TPSA) is 58.6 Å². The van der Waals surface area contributed by atoms with Gasteiger partial charge in [0.25, 0.3) is 0 Å². The summed E-state index contributed by atoms with van der Waals surface area (Å²) in [6.07, 6.45) is 3.41. The summed E-state index contributed by atoms with van der Waals surface area (Å²) in [6.45, 7) is 2.14. The Labute approximate surface area is 141 Å². The van der Waals surface area contributed by atoms with E-state index in [0.29, 0.717) is 6.61 Å². The summed E-state index contributed by atoms with van der Waals surface area (Å²) in [5, 5.41) is 2.87. The quantitative estimate of drug-likeness (QED) is 0.905. The van der Waals surface area contributed by atoms with Crippen LogP contribution in [-0.4, -0.2) is 42.1 Å². The fourth-order valence-electron chi connectivity index (χ4n) is 5.12. The van der Waals surface area contributed by atoms with E-state index < -0.39 is 0 Å². The van der Waals surface area contributed by atoms with E-state index in [4.69, 9.17) is 4.74 Å². The van der Waals surface area contributed by atoms with Gasteiger partial charge >= 0.3 is 6.09 Å². The van der Waals surface area contributed by atoms with Gasteiger partial charge in [-0.25, -0.2) is 4.79 Å². The van der Waals surface area contributed by atoms with Gasteiger partial charge in [-0.3, -0.25) is 4.79 Å². The van der Waals surface area contributed by atoms with Crippen LogP contribution in [0.5, 0.6) is 0 Å². The van der Waals surface area contributed by atoms with Crippen LogP contribution in [0, 0.1) is 11.8 Å². The number of carbonyl (C=O) groups excluding carboxylic acids is 2. The monoisotopic (exact) mass is 326 g/mol. The number of cyclic esters (lactones) is 1. The molecule has 1 spiro atoms. The summed E-state index contributed by atoms with van der Waals surface area (Å²) in [6, 6.07) is 10.7. The molecule has 1 aromatic carbocycles. The highest BCUT2D eigenvalue weighted by molar-refractivity contribution is 5.82. The van der Waals surface area contributed by atoms with Crippen LogP contribution in [0.15, 0.2) is 30.3 Å². The third-order valence-corrected chi connectivity index (χ3v) is 6.58. The largest absolute Gasteiger partial charge is 0.447 e. The van der Waals surface area contributed by atoms with Crippen molar-refractivity contribution >= 4 is 12.0 Å². The summed E-state index contributed by atoms with van der Waals surface area (Å²) < 4.78 is 5.01. The molecule has 2 atom stereocenters. The number of benzene rings is 1. The van der Waals surface area contributed by atoms with Crippen molar-refractivity contribution in [3.8, 4) is 0 Å². The number of carbonyl (C=O) groups is 2. The molecule has 2 saturated carbocycles. The normalized spacial score (nSPS) is 39.7. The van der Waals surface area contributed by atoms with Gasteiger partial charge in [0.2, 0.25) is 5.91 Å². The second kappa shape index (κ2) is 4.74. The Balaban J connectivity index is 1.27. The van der Waals surface area contributed by atoms with E-state index in [1.807, 2.05) is 0 Å². The molecule has 0 bridgehead atoms. The van der Waals surface area contributed by atoms with E-state index in [2.05, 4.69) is 40.5 Å². The number of hydrogen-bond acceptors (Lipinski definition) is 3. The number of fused-ring (bicyclic) bond motifs is 1. The van der Waals surface area contributed by atoms with Crippen LogP contribution in [0.4, 0.5) is 4.79 Å². The molecule has 126 valence electrons. The van der Waals surface area contributed by atoms with E-state index in [-0.39, 0.29) is 28.9 Å². The molecule has 5 heteroatoms. The highest BCUT2D eigenvalue weighted by atomic mass is 16.6. The minimum Gasteiger partial charge on any atom is -0.447 e. The maximum atomic E-state index is 12.9. The zero-order valence-corrected chi connectivity index (χ0v) is 13.7. The van der Waals surface area contributed by atoms with Crippen molar-refractivity contribution in [1.82, 2.24) is 10.2 Å².